The average Bonchev–Trinajstić information content (AvgIpc) is 2.80. The van der Waals surface area contributed by atoms with Crippen LogP contribution in [0.2, 0.25) is 0 Å². The van der Waals surface area contributed by atoms with E-state index in [4.69, 9.17) is 0 Å². The van der Waals surface area contributed by atoms with Crippen LogP contribution in [0.3, 0.4) is 0 Å². The van der Waals surface area contributed by atoms with Gasteiger partial charge in [-0.1, -0.05) is 0 Å². The van der Waals surface area contributed by atoms with Gasteiger partial charge in [0.2, 0.25) is 11.7 Å². The maximum Gasteiger partial charge on any atom is 0.381 e. The van der Waals surface area contributed by atoms with Crippen molar-refractivity contribution >= 4 is 11.7 Å². The van der Waals surface area contributed by atoms with Gasteiger partial charge < -0.3 is 20.3 Å². The third-order valence-corrected chi connectivity index (χ3v) is 3.64. The zero-order chi connectivity index (χ0) is 14.7. The lowest BCUT2D eigenvalue weighted by molar-refractivity contribution is -0.389. The number of likely N-dealkylation sites (tertiary alicyclic amines) is 1. The number of nitrogens with zero attached hydrogens (tertiary/aromatic N) is 4. The minimum atomic E-state index is -0.550. The van der Waals surface area contributed by atoms with E-state index < -0.39 is 4.92 Å². The van der Waals surface area contributed by atoms with Crippen LogP contribution in [-0.4, -0.2) is 51.5 Å². The second-order valence-electron chi connectivity index (χ2n) is 5.00. The summed E-state index contributed by atoms with van der Waals surface area (Å²) in [6.07, 6.45) is 3.35. The number of hydrogen-bond acceptors (Lipinski definition) is 5. The van der Waals surface area contributed by atoms with E-state index in [2.05, 4.69) is 10.3 Å². The number of aromatic nitrogens is 2. The van der Waals surface area contributed by atoms with Crippen LogP contribution in [0.25, 0.3) is 0 Å². The lowest BCUT2D eigenvalue weighted by Gasteiger charge is -2.32. The van der Waals surface area contributed by atoms with Gasteiger partial charge in [0.05, 0.1) is 0 Å². The number of aryl methyl sites for hydroxylation is 1. The molecule has 1 amide bonds. The number of nitrogens with one attached hydrogen (secondary N) is 1. The molecule has 1 fully saturated rings. The molecule has 1 N–H and O–H groups in total. The van der Waals surface area contributed by atoms with Gasteiger partial charge in [-0.15, -0.1) is 0 Å². The Morgan fingerprint density at radius 1 is 1.65 bits per heavy atom. The Balaban J connectivity index is 2.02. The smallest absolute Gasteiger partial charge is 0.358 e. The fraction of sp³-hybridized carbons (Fsp3) is 0.667. The van der Waals surface area contributed by atoms with Crippen molar-refractivity contribution in [3.05, 3.63) is 22.1 Å². The zero-order valence-electron chi connectivity index (χ0n) is 11.7. The van der Waals surface area contributed by atoms with Crippen LogP contribution in [0.1, 0.15) is 18.7 Å². The van der Waals surface area contributed by atoms with Crippen LogP contribution >= 0.6 is 0 Å². The van der Waals surface area contributed by atoms with Gasteiger partial charge in [-0.05, 0) is 29.8 Å². The lowest BCUT2D eigenvalue weighted by Crippen LogP contribution is -2.47. The minimum absolute atomic E-state index is 0.0275. The van der Waals surface area contributed by atoms with Gasteiger partial charge in [-0.25, -0.2) is 0 Å². The van der Waals surface area contributed by atoms with Crippen LogP contribution in [0.4, 0.5) is 5.82 Å². The summed E-state index contributed by atoms with van der Waals surface area (Å²) in [6.45, 7) is 3.19. The van der Waals surface area contributed by atoms with Gasteiger partial charge in [-0.3, -0.25) is 9.36 Å². The first kappa shape index (κ1) is 14.4. The quantitative estimate of drug-likeness (QED) is 0.633. The SMILES string of the molecule is CNC1CCCN(C(=O)Cn2cc([N+](=O)[O-])nc2C)C1. The van der Waals surface area contributed by atoms with Crippen LogP contribution in [-0.2, 0) is 11.3 Å². The highest BCUT2D eigenvalue weighted by Crippen LogP contribution is 2.13. The van der Waals surface area contributed by atoms with E-state index in [1.165, 1.54) is 10.8 Å². The largest absolute Gasteiger partial charge is 0.381 e. The second kappa shape index (κ2) is 6.00. The lowest BCUT2D eigenvalue weighted by atomic mass is 10.1. The Morgan fingerprint density at radius 2 is 2.40 bits per heavy atom. The molecule has 1 aromatic rings. The molecule has 0 saturated carbocycles. The molecule has 0 aromatic carbocycles. The first-order valence-electron chi connectivity index (χ1n) is 6.64. The van der Waals surface area contributed by atoms with E-state index in [1.807, 2.05) is 7.05 Å². The highest BCUT2D eigenvalue weighted by Gasteiger charge is 2.24. The molecule has 110 valence electrons. The van der Waals surface area contributed by atoms with Crippen LogP contribution in [0.5, 0.6) is 0 Å². The number of hydrogen-bond donors (Lipinski definition) is 1. The summed E-state index contributed by atoms with van der Waals surface area (Å²) in [6, 6.07) is 0.325. The van der Waals surface area contributed by atoms with E-state index in [-0.39, 0.29) is 18.3 Å². The summed E-state index contributed by atoms with van der Waals surface area (Å²) in [4.78, 5) is 28.0. The summed E-state index contributed by atoms with van der Waals surface area (Å²) in [5.41, 5.74) is 0. The third kappa shape index (κ3) is 3.13. The second-order valence-corrected chi connectivity index (χ2v) is 5.00. The Kier molecular flexibility index (Phi) is 4.33. The van der Waals surface area contributed by atoms with Crippen molar-refractivity contribution < 1.29 is 9.72 Å². The molecule has 8 nitrogen and oxygen atoms in total. The number of carbonyl (C=O) groups is 1. The molecule has 0 aliphatic carbocycles. The number of likely N-dealkylation sites (N-methyl/N-ethyl adjacent to an activating group) is 1. The van der Waals surface area contributed by atoms with Crippen molar-refractivity contribution in [1.29, 1.82) is 0 Å². The first-order valence-corrected chi connectivity index (χ1v) is 6.64. The molecule has 0 radical (unpaired) electrons. The highest BCUT2D eigenvalue weighted by molar-refractivity contribution is 5.76. The zero-order valence-corrected chi connectivity index (χ0v) is 11.7. The molecular weight excluding hydrogens is 262 g/mol. The average molecular weight is 281 g/mol. The molecule has 2 rings (SSSR count). The number of amides is 1. The van der Waals surface area contributed by atoms with Crippen molar-refractivity contribution in [2.24, 2.45) is 0 Å². The van der Waals surface area contributed by atoms with Crippen LogP contribution in [0.15, 0.2) is 6.20 Å². The molecule has 1 atom stereocenters. The molecule has 1 aliphatic rings. The van der Waals surface area contributed by atoms with Gasteiger partial charge >= 0.3 is 5.82 Å². The maximum atomic E-state index is 12.2. The molecule has 20 heavy (non-hydrogen) atoms. The predicted molar refractivity (Wildman–Crippen MR) is 72.3 cm³/mol. The van der Waals surface area contributed by atoms with E-state index >= 15 is 0 Å². The van der Waals surface area contributed by atoms with E-state index in [9.17, 15) is 14.9 Å². The predicted octanol–water partition coefficient (Wildman–Crippen LogP) is 0.310. The number of imidazole rings is 1. The monoisotopic (exact) mass is 281 g/mol. The fourth-order valence-electron chi connectivity index (χ4n) is 2.42. The molecule has 1 aliphatic heterocycles. The molecule has 8 heteroatoms. The number of carbonyl (C=O) groups excluding carboxylic acids is 1. The number of rotatable bonds is 4. The minimum Gasteiger partial charge on any atom is -0.358 e. The summed E-state index contributed by atoms with van der Waals surface area (Å²) >= 11 is 0. The van der Waals surface area contributed by atoms with Crippen molar-refractivity contribution in [3.8, 4) is 0 Å². The normalized spacial score (nSPS) is 19.1. The molecule has 1 saturated heterocycles. The van der Waals surface area contributed by atoms with Gasteiger partial charge in [0.25, 0.3) is 0 Å². The van der Waals surface area contributed by atoms with Crippen molar-refractivity contribution in [2.45, 2.75) is 32.4 Å². The van der Waals surface area contributed by atoms with Gasteiger partial charge in [0.1, 0.15) is 12.7 Å². The Morgan fingerprint density at radius 3 is 3.00 bits per heavy atom. The maximum absolute atomic E-state index is 12.2. The van der Waals surface area contributed by atoms with E-state index in [0.29, 0.717) is 18.4 Å². The van der Waals surface area contributed by atoms with Gasteiger partial charge in [0.15, 0.2) is 0 Å². The Bertz CT molecular complexity index is 513. The standard InChI is InChI=1S/C12H19N5O3/c1-9-14-11(17(19)20)7-16(9)8-12(18)15-5-3-4-10(6-15)13-2/h7,10,13H,3-6,8H2,1-2H3. The van der Waals surface area contributed by atoms with Gasteiger partial charge in [-0.2, -0.15) is 0 Å². The topological polar surface area (TPSA) is 93.3 Å². The van der Waals surface area contributed by atoms with Crippen LogP contribution < -0.4 is 5.32 Å². The highest BCUT2D eigenvalue weighted by atomic mass is 16.6. The Labute approximate surface area is 116 Å². The summed E-state index contributed by atoms with van der Waals surface area (Å²) in [7, 11) is 1.89. The first-order chi connectivity index (χ1) is 9.51. The molecule has 2 heterocycles. The van der Waals surface area contributed by atoms with Crippen molar-refractivity contribution in [2.75, 3.05) is 20.1 Å². The number of nitro groups is 1. The summed E-state index contributed by atoms with van der Waals surface area (Å²) in [5.74, 6) is 0.231. The van der Waals surface area contributed by atoms with Crippen molar-refractivity contribution in [1.82, 2.24) is 19.8 Å². The number of piperidine rings is 1. The Hall–Kier alpha value is -1.96. The molecule has 0 bridgehead atoms. The molecule has 1 unspecified atom stereocenters. The van der Waals surface area contributed by atoms with E-state index in [0.717, 1.165) is 19.4 Å². The van der Waals surface area contributed by atoms with E-state index in [1.54, 1.807) is 11.8 Å². The van der Waals surface area contributed by atoms with Crippen molar-refractivity contribution in [3.63, 3.8) is 0 Å². The molecule has 1 aromatic heterocycles. The van der Waals surface area contributed by atoms with Gasteiger partial charge in [0, 0.05) is 26.1 Å². The van der Waals surface area contributed by atoms with Crippen LogP contribution in [0, 0.1) is 17.0 Å². The summed E-state index contributed by atoms with van der Waals surface area (Å²) < 4.78 is 1.53. The molecular formula is C12H19N5O3. The fourth-order valence-corrected chi connectivity index (χ4v) is 2.42. The molecule has 0 spiro atoms. The third-order valence-electron chi connectivity index (χ3n) is 3.64. The summed E-state index contributed by atoms with van der Waals surface area (Å²) in [5, 5.41) is 13.8.